The van der Waals surface area contributed by atoms with E-state index in [9.17, 15) is 4.79 Å². The van der Waals surface area contributed by atoms with Crippen LogP contribution >= 0.6 is 11.8 Å². The van der Waals surface area contributed by atoms with Crippen LogP contribution in [0.2, 0.25) is 0 Å². The molecule has 93 valence electrons. The Bertz CT molecular complexity index is 334. The van der Waals surface area contributed by atoms with Gasteiger partial charge in [0.15, 0.2) is 0 Å². The molecule has 5 heteroatoms. The predicted molar refractivity (Wildman–Crippen MR) is 68.8 cm³/mol. The van der Waals surface area contributed by atoms with E-state index in [4.69, 9.17) is 0 Å². The van der Waals surface area contributed by atoms with Gasteiger partial charge in [-0.25, -0.2) is 4.98 Å². The number of carbonyl (C=O) groups is 1. The summed E-state index contributed by atoms with van der Waals surface area (Å²) >= 11 is 1.94. The van der Waals surface area contributed by atoms with Crippen LogP contribution in [0.4, 0.5) is 0 Å². The maximum Gasteiger partial charge on any atom is 0.222 e. The summed E-state index contributed by atoms with van der Waals surface area (Å²) < 4.78 is 2.00. The SMILES string of the molecule is O=C(CCCCn1c[c]nc1)N1CCSCC1. The minimum absolute atomic E-state index is 0.322. The van der Waals surface area contributed by atoms with Gasteiger partial charge in [0.05, 0.1) is 6.33 Å². The standard InChI is InChI=1S/C12H18N3OS/c16-12(15-7-9-17-10-8-15)3-1-2-5-14-6-4-13-11-14/h6,11H,1-3,5,7-10H2. The van der Waals surface area contributed by atoms with Crippen LogP contribution in [0, 0.1) is 6.20 Å². The van der Waals surface area contributed by atoms with Crippen LogP contribution in [0.15, 0.2) is 12.5 Å². The maximum atomic E-state index is 11.9. The maximum absolute atomic E-state index is 11.9. The number of thioether (sulfide) groups is 1. The molecule has 0 spiro atoms. The van der Waals surface area contributed by atoms with Crippen LogP contribution < -0.4 is 0 Å². The van der Waals surface area contributed by atoms with E-state index >= 15 is 0 Å². The Balaban J connectivity index is 1.59. The van der Waals surface area contributed by atoms with E-state index in [1.165, 1.54) is 0 Å². The lowest BCUT2D eigenvalue weighted by Crippen LogP contribution is -2.37. The van der Waals surface area contributed by atoms with Crippen molar-refractivity contribution < 1.29 is 4.79 Å². The molecule has 1 aromatic heterocycles. The van der Waals surface area contributed by atoms with Crippen LogP contribution in [0.3, 0.4) is 0 Å². The zero-order valence-electron chi connectivity index (χ0n) is 9.97. The van der Waals surface area contributed by atoms with Crippen molar-refractivity contribution in [2.75, 3.05) is 24.6 Å². The first-order valence-electron chi connectivity index (χ1n) is 6.09. The molecule has 0 atom stereocenters. The van der Waals surface area contributed by atoms with Gasteiger partial charge in [0.25, 0.3) is 0 Å². The average Bonchev–Trinajstić information content (AvgIpc) is 2.88. The lowest BCUT2D eigenvalue weighted by atomic mass is 10.2. The van der Waals surface area contributed by atoms with Gasteiger partial charge in [0.2, 0.25) is 5.91 Å². The van der Waals surface area contributed by atoms with Gasteiger partial charge in [-0.2, -0.15) is 11.8 Å². The molecular formula is C12H18N3OS. The Morgan fingerprint density at radius 3 is 2.88 bits per heavy atom. The largest absolute Gasteiger partial charge is 0.341 e. The molecule has 1 saturated heterocycles. The van der Waals surface area contributed by atoms with E-state index in [-0.39, 0.29) is 0 Å². The lowest BCUT2D eigenvalue weighted by Gasteiger charge is -2.26. The minimum atomic E-state index is 0.322. The molecule has 17 heavy (non-hydrogen) atoms. The Labute approximate surface area is 106 Å². The molecule has 0 saturated carbocycles. The molecule has 1 fully saturated rings. The van der Waals surface area contributed by atoms with E-state index in [0.29, 0.717) is 12.3 Å². The molecule has 0 N–H and O–H groups in total. The summed E-state index contributed by atoms with van der Waals surface area (Å²) in [7, 11) is 0. The van der Waals surface area contributed by atoms with Gasteiger partial charge in [-0.15, -0.1) is 0 Å². The normalized spacial score (nSPS) is 16.1. The molecule has 1 aromatic rings. The third-order valence-electron chi connectivity index (χ3n) is 2.92. The molecule has 1 radical (unpaired) electrons. The Morgan fingerprint density at radius 1 is 1.35 bits per heavy atom. The van der Waals surface area contributed by atoms with Gasteiger partial charge in [-0.05, 0) is 12.8 Å². The van der Waals surface area contributed by atoms with Crippen LogP contribution in [0.1, 0.15) is 19.3 Å². The molecule has 0 unspecified atom stereocenters. The van der Waals surface area contributed by atoms with Gasteiger partial charge in [-0.1, -0.05) is 0 Å². The molecule has 1 aliphatic heterocycles. The summed E-state index contributed by atoms with van der Waals surface area (Å²) in [5.41, 5.74) is 0. The molecule has 0 aliphatic carbocycles. The topological polar surface area (TPSA) is 38.1 Å². The first-order valence-corrected chi connectivity index (χ1v) is 7.25. The number of hydrogen-bond donors (Lipinski definition) is 0. The Hall–Kier alpha value is -0.970. The van der Waals surface area contributed by atoms with E-state index in [1.807, 2.05) is 27.4 Å². The van der Waals surface area contributed by atoms with E-state index in [0.717, 1.165) is 44.0 Å². The van der Waals surface area contributed by atoms with Gasteiger partial charge in [0, 0.05) is 43.8 Å². The molecule has 0 bridgehead atoms. The van der Waals surface area contributed by atoms with Crippen molar-refractivity contribution in [3.05, 3.63) is 18.7 Å². The monoisotopic (exact) mass is 252 g/mol. The summed E-state index contributed by atoms with van der Waals surface area (Å²) in [5, 5.41) is 0. The summed E-state index contributed by atoms with van der Waals surface area (Å²) in [6.07, 6.45) is 9.04. The summed E-state index contributed by atoms with van der Waals surface area (Å²) in [6, 6.07) is 0. The summed E-state index contributed by atoms with van der Waals surface area (Å²) in [5.74, 6) is 2.51. The van der Waals surface area contributed by atoms with Crippen LogP contribution in [0.25, 0.3) is 0 Å². The van der Waals surface area contributed by atoms with Gasteiger partial charge in [0.1, 0.15) is 6.20 Å². The number of hydrogen-bond acceptors (Lipinski definition) is 3. The van der Waals surface area contributed by atoms with Crippen molar-refractivity contribution in [3.8, 4) is 0 Å². The Morgan fingerprint density at radius 2 is 2.18 bits per heavy atom. The fourth-order valence-corrected chi connectivity index (χ4v) is 2.82. The second-order valence-electron chi connectivity index (χ2n) is 4.19. The Kier molecular flexibility index (Phi) is 4.91. The molecular weight excluding hydrogens is 234 g/mol. The van der Waals surface area contributed by atoms with Gasteiger partial charge < -0.3 is 9.47 Å². The molecule has 2 rings (SSSR count). The van der Waals surface area contributed by atoms with Crippen LogP contribution in [-0.2, 0) is 11.3 Å². The smallest absolute Gasteiger partial charge is 0.222 e. The van der Waals surface area contributed by atoms with Gasteiger partial charge in [-0.3, -0.25) is 4.79 Å². The molecule has 4 nitrogen and oxygen atoms in total. The van der Waals surface area contributed by atoms with Crippen molar-refractivity contribution in [1.29, 1.82) is 0 Å². The molecule has 0 aromatic carbocycles. The second kappa shape index (κ2) is 6.69. The highest BCUT2D eigenvalue weighted by Gasteiger charge is 2.15. The lowest BCUT2D eigenvalue weighted by molar-refractivity contribution is -0.130. The minimum Gasteiger partial charge on any atom is -0.341 e. The molecule has 2 heterocycles. The van der Waals surface area contributed by atoms with Crippen molar-refractivity contribution in [3.63, 3.8) is 0 Å². The van der Waals surface area contributed by atoms with Crippen molar-refractivity contribution in [2.24, 2.45) is 0 Å². The second-order valence-corrected chi connectivity index (χ2v) is 5.42. The zero-order chi connectivity index (χ0) is 11.9. The summed E-state index contributed by atoms with van der Waals surface area (Å²) in [4.78, 5) is 17.7. The number of rotatable bonds is 5. The third kappa shape index (κ3) is 4.07. The first-order chi connectivity index (χ1) is 8.36. The number of imidazole rings is 1. The van der Waals surface area contributed by atoms with Crippen LogP contribution in [0.5, 0.6) is 0 Å². The number of unbranched alkanes of at least 4 members (excludes halogenated alkanes) is 1. The number of nitrogens with zero attached hydrogens (tertiary/aromatic N) is 3. The number of amides is 1. The summed E-state index contributed by atoms with van der Waals surface area (Å²) in [6.45, 7) is 2.79. The fraction of sp³-hybridized carbons (Fsp3) is 0.667. The predicted octanol–water partition coefficient (Wildman–Crippen LogP) is 1.43. The van der Waals surface area contributed by atoms with E-state index in [2.05, 4.69) is 11.2 Å². The number of aryl methyl sites for hydroxylation is 1. The number of aromatic nitrogens is 2. The molecule has 1 amide bonds. The number of carbonyl (C=O) groups excluding carboxylic acids is 1. The van der Waals surface area contributed by atoms with Crippen molar-refractivity contribution in [2.45, 2.75) is 25.8 Å². The van der Waals surface area contributed by atoms with Crippen molar-refractivity contribution >= 4 is 17.7 Å². The third-order valence-corrected chi connectivity index (χ3v) is 3.87. The average molecular weight is 252 g/mol. The van der Waals surface area contributed by atoms with Crippen molar-refractivity contribution in [1.82, 2.24) is 14.5 Å². The highest BCUT2D eigenvalue weighted by molar-refractivity contribution is 7.99. The van der Waals surface area contributed by atoms with Gasteiger partial charge >= 0.3 is 0 Å². The fourth-order valence-electron chi connectivity index (χ4n) is 1.91. The van der Waals surface area contributed by atoms with Crippen LogP contribution in [-0.4, -0.2) is 45.0 Å². The first kappa shape index (κ1) is 12.5. The highest BCUT2D eigenvalue weighted by Crippen LogP contribution is 2.11. The van der Waals surface area contributed by atoms with E-state index < -0.39 is 0 Å². The zero-order valence-corrected chi connectivity index (χ0v) is 10.8. The van der Waals surface area contributed by atoms with E-state index in [1.54, 1.807) is 6.33 Å². The highest BCUT2D eigenvalue weighted by atomic mass is 32.2. The quantitative estimate of drug-likeness (QED) is 0.744. The molecule has 1 aliphatic rings.